The zero-order valence-corrected chi connectivity index (χ0v) is 14.4. The van der Waals surface area contributed by atoms with E-state index in [0.717, 1.165) is 22.6 Å². The molecular formula is C20H19NO5. The second-order valence-corrected chi connectivity index (χ2v) is 6.08. The second kappa shape index (κ2) is 7.00. The lowest BCUT2D eigenvalue weighted by atomic mass is 10.1. The van der Waals surface area contributed by atoms with Crippen LogP contribution in [-0.4, -0.2) is 25.9 Å². The average Bonchev–Trinajstić information content (AvgIpc) is 3.13. The van der Waals surface area contributed by atoms with Crippen molar-refractivity contribution in [1.82, 2.24) is 5.32 Å². The Balaban J connectivity index is 1.39. The fourth-order valence-corrected chi connectivity index (χ4v) is 2.86. The number of benzene rings is 2. The summed E-state index contributed by atoms with van der Waals surface area (Å²) in [7, 11) is 0. The van der Waals surface area contributed by atoms with E-state index in [1.165, 1.54) is 6.08 Å². The molecule has 0 aromatic heterocycles. The molecule has 2 aliphatic rings. The summed E-state index contributed by atoms with van der Waals surface area (Å²) in [5.74, 6) is 2.69. The molecule has 2 aromatic rings. The number of nitrogens with one attached hydrogen (secondary N) is 1. The van der Waals surface area contributed by atoms with Gasteiger partial charge in [-0.3, -0.25) is 4.79 Å². The number of carbonyl (C=O) groups excluding carboxylic acids is 1. The Kier molecular flexibility index (Phi) is 4.39. The number of fused-ring (bicyclic) bond motifs is 2. The zero-order valence-electron chi connectivity index (χ0n) is 14.4. The Morgan fingerprint density at radius 2 is 1.65 bits per heavy atom. The fourth-order valence-electron chi connectivity index (χ4n) is 2.86. The zero-order chi connectivity index (χ0) is 17.9. The van der Waals surface area contributed by atoms with Gasteiger partial charge in [-0.2, -0.15) is 0 Å². The molecule has 6 heteroatoms. The minimum absolute atomic E-state index is 0.153. The van der Waals surface area contributed by atoms with Crippen LogP contribution in [0.2, 0.25) is 0 Å². The molecule has 6 nitrogen and oxygen atoms in total. The highest BCUT2D eigenvalue weighted by Crippen LogP contribution is 2.33. The first kappa shape index (κ1) is 16.3. The minimum atomic E-state index is -0.176. The van der Waals surface area contributed by atoms with Crippen molar-refractivity contribution < 1.29 is 23.7 Å². The van der Waals surface area contributed by atoms with Crippen LogP contribution < -0.4 is 24.3 Å². The van der Waals surface area contributed by atoms with Crippen molar-refractivity contribution >= 4 is 12.0 Å². The van der Waals surface area contributed by atoms with Crippen molar-refractivity contribution in [2.75, 3.05) is 20.0 Å². The molecule has 134 valence electrons. The van der Waals surface area contributed by atoms with Crippen molar-refractivity contribution in [3.05, 3.63) is 53.6 Å². The Morgan fingerprint density at radius 3 is 2.54 bits per heavy atom. The minimum Gasteiger partial charge on any atom is -0.486 e. The number of carbonyl (C=O) groups is 1. The van der Waals surface area contributed by atoms with Crippen molar-refractivity contribution in [2.45, 2.75) is 13.0 Å². The largest absolute Gasteiger partial charge is 0.486 e. The molecule has 0 radical (unpaired) electrons. The van der Waals surface area contributed by atoms with Gasteiger partial charge in [-0.1, -0.05) is 12.1 Å². The van der Waals surface area contributed by atoms with E-state index in [9.17, 15) is 4.79 Å². The summed E-state index contributed by atoms with van der Waals surface area (Å²) in [4.78, 5) is 12.2. The van der Waals surface area contributed by atoms with Gasteiger partial charge in [0.25, 0.3) is 0 Å². The summed E-state index contributed by atoms with van der Waals surface area (Å²) in [6.45, 7) is 3.26. The molecule has 4 rings (SSSR count). The maximum absolute atomic E-state index is 12.2. The van der Waals surface area contributed by atoms with Gasteiger partial charge in [-0.25, -0.2) is 0 Å². The number of hydrogen-bond acceptors (Lipinski definition) is 5. The van der Waals surface area contributed by atoms with Gasteiger partial charge in [0, 0.05) is 6.08 Å². The van der Waals surface area contributed by atoms with Crippen LogP contribution in [0.15, 0.2) is 42.5 Å². The van der Waals surface area contributed by atoms with E-state index in [1.54, 1.807) is 6.08 Å². The molecule has 0 bridgehead atoms. The molecule has 0 saturated carbocycles. The summed E-state index contributed by atoms with van der Waals surface area (Å²) in [6, 6.07) is 11.1. The Hall–Kier alpha value is -3.15. The van der Waals surface area contributed by atoms with Crippen molar-refractivity contribution in [2.24, 2.45) is 0 Å². The van der Waals surface area contributed by atoms with Crippen LogP contribution in [0.25, 0.3) is 6.08 Å². The smallest absolute Gasteiger partial charge is 0.244 e. The molecule has 0 saturated heterocycles. The maximum Gasteiger partial charge on any atom is 0.244 e. The highest BCUT2D eigenvalue weighted by Gasteiger charge is 2.15. The quantitative estimate of drug-likeness (QED) is 0.856. The summed E-state index contributed by atoms with van der Waals surface area (Å²) < 4.78 is 21.7. The number of rotatable bonds is 4. The van der Waals surface area contributed by atoms with Gasteiger partial charge >= 0.3 is 0 Å². The topological polar surface area (TPSA) is 66.0 Å². The third kappa shape index (κ3) is 3.44. The highest BCUT2D eigenvalue weighted by molar-refractivity contribution is 5.92. The molecule has 0 spiro atoms. The van der Waals surface area contributed by atoms with Crippen LogP contribution >= 0.6 is 0 Å². The molecule has 1 N–H and O–H groups in total. The van der Waals surface area contributed by atoms with Crippen LogP contribution in [0.3, 0.4) is 0 Å². The Bertz CT molecular complexity index is 861. The van der Waals surface area contributed by atoms with Crippen LogP contribution in [-0.2, 0) is 4.79 Å². The fraction of sp³-hybridized carbons (Fsp3) is 0.250. The summed E-state index contributed by atoms with van der Waals surface area (Å²) in [5, 5.41) is 2.95. The van der Waals surface area contributed by atoms with Gasteiger partial charge in [0.15, 0.2) is 23.0 Å². The first-order valence-corrected chi connectivity index (χ1v) is 8.47. The number of hydrogen-bond donors (Lipinski definition) is 1. The molecule has 0 aliphatic carbocycles. The van der Waals surface area contributed by atoms with E-state index in [1.807, 2.05) is 43.3 Å². The normalized spacial score (nSPS) is 15.7. The molecule has 0 fully saturated rings. The van der Waals surface area contributed by atoms with E-state index in [0.29, 0.717) is 24.7 Å². The van der Waals surface area contributed by atoms with Gasteiger partial charge in [-0.15, -0.1) is 0 Å². The molecular weight excluding hydrogens is 334 g/mol. The Morgan fingerprint density at radius 1 is 0.962 bits per heavy atom. The van der Waals surface area contributed by atoms with Crippen LogP contribution in [0.4, 0.5) is 0 Å². The maximum atomic E-state index is 12.2. The monoisotopic (exact) mass is 353 g/mol. The van der Waals surface area contributed by atoms with Crippen LogP contribution in [0.1, 0.15) is 24.1 Å². The van der Waals surface area contributed by atoms with E-state index in [-0.39, 0.29) is 18.7 Å². The predicted octanol–water partition coefficient (Wildman–Crippen LogP) is 3.08. The van der Waals surface area contributed by atoms with Gasteiger partial charge in [-0.05, 0) is 48.4 Å². The summed E-state index contributed by atoms with van der Waals surface area (Å²) in [6.07, 6.45) is 3.25. The van der Waals surface area contributed by atoms with Gasteiger partial charge in [0.05, 0.1) is 6.04 Å². The predicted molar refractivity (Wildman–Crippen MR) is 95.6 cm³/mol. The lowest BCUT2D eigenvalue weighted by molar-refractivity contribution is -0.117. The van der Waals surface area contributed by atoms with Crippen molar-refractivity contribution in [1.29, 1.82) is 0 Å². The molecule has 2 heterocycles. The van der Waals surface area contributed by atoms with Gasteiger partial charge in [0.1, 0.15) is 13.2 Å². The molecule has 1 amide bonds. The number of ether oxygens (including phenoxy) is 4. The third-order valence-corrected chi connectivity index (χ3v) is 4.25. The molecule has 1 atom stereocenters. The summed E-state index contributed by atoms with van der Waals surface area (Å²) >= 11 is 0. The molecule has 2 aromatic carbocycles. The van der Waals surface area contributed by atoms with E-state index in [2.05, 4.69) is 5.32 Å². The van der Waals surface area contributed by atoms with Gasteiger partial charge in [0.2, 0.25) is 12.7 Å². The third-order valence-electron chi connectivity index (χ3n) is 4.25. The molecule has 1 unspecified atom stereocenters. The molecule has 26 heavy (non-hydrogen) atoms. The van der Waals surface area contributed by atoms with Gasteiger partial charge < -0.3 is 24.3 Å². The lowest BCUT2D eigenvalue weighted by Gasteiger charge is -2.20. The van der Waals surface area contributed by atoms with E-state index < -0.39 is 0 Å². The first-order valence-electron chi connectivity index (χ1n) is 8.47. The van der Waals surface area contributed by atoms with E-state index >= 15 is 0 Å². The second-order valence-electron chi connectivity index (χ2n) is 6.08. The standard InChI is InChI=1S/C20H19NO5/c1-13(15-4-6-16-19(11-15)24-9-8-23-16)21-20(22)7-3-14-2-5-17-18(10-14)26-12-25-17/h2-7,10-11,13H,8-9,12H2,1H3,(H,21,22)/b7-3+. The van der Waals surface area contributed by atoms with Crippen molar-refractivity contribution in [3.63, 3.8) is 0 Å². The highest BCUT2D eigenvalue weighted by atomic mass is 16.7. The first-order chi connectivity index (χ1) is 12.7. The summed E-state index contributed by atoms with van der Waals surface area (Å²) in [5.41, 5.74) is 1.83. The number of amides is 1. The van der Waals surface area contributed by atoms with Crippen LogP contribution in [0, 0.1) is 0 Å². The van der Waals surface area contributed by atoms with Crippen molar-refractivity contribution in [3.8, 4) is 23.0 Å². The lowest BCUT2D eigenvalue weighted by Crippen LogP contribution is -2.25. The SMILES string of the molecule is CC(NC(=O)/C=C/c1ccc2c(c1)OCO2)c1ccc2c(c1)OCCO2. The van der Waals surface area contributed by atoms with E-state index in [4.69, 9.17) is 18.9 Å². The molecule has 2 aliphatic heterocycles. The average molecular weight is 353 g/mol. The Labute approximate surface area is 151 Å². The van der Waals surface area contributed by atoms with Crippen LogP contribution in [0.5, 0.6) is 23.0 Å².